The van der Waals surface area contributed by atoms with Gasteiger partial charge in [0.1, 0.15) is 5.75 Å². The molecule has 30 heavy (non-hydrogen) atoms. The summed E-state index contributed by atoms with van der Waals surface area (Å²) < 4.78 is 49.3. The topological polar surface area (TPSA) is 86.3 Å². The maximum atomic E-state index is 12.6. The van der Waals surface area contributed by atoms with E-state index in [-0.39, 0.29) is 17.6 Å². The molecule has 0 bridgehead atoms. The molecule has 0 saturated carbocycles. The number of likely N-dealkylation sites (tertiary alicyclic amines) is 1. The monoisotopic (exact) mass is 423 g/mol. The highest BCUT2D eigenvalue weighted by atomic mass is 19.4. The van der Waals surface area contributed by atoms with E-state index in [4.69, 9.17) is 4.52 Å². The van der Waals surface area contributed by atoms with Crippen LogP contribution in [0.1, 0.15) is 37.8 Å². The molecule has 0 amide bonds. The molecule has 1 aromatic carbocycles. The molecule has 1 aliphatic rings. The second-order valence-electron chi connectivity index (χ2n) is 7.14. The number of aromatic nitrogens is 4. The number of hydrogen-bond donors (Lipinski definition) is 0. The van der Waals surface area contributed by atoms with Crippen molar-refractivity contribution in [3.05, 3.63) is 29.8 Å². The zero-order valence-electron chi connectivity index (χ0n) is 16.4. The fraction of sp³-hybridized carbons (Fsp3) is 0.474. The normalized spacial score (nSPS) is 15.5. The second-order valence-corrected chi connectivity index (χ2v) is 7.14. The summed E-state index contributed by atoms with van der Waals surface area (Å²) in [6, 6.07) is 4.43. The van der Waals surface area contributed by atoms with Crippen LogP contribution in [-0.4, -0.2) is 56.6 Å². The molecule has 1 saturated heterocycles. The summed E-state index contributed by atoms with van der Waals surface area (Å²) in [6.07, 6.45) is -3.62. The summed E-state index contributed by atoms with van der Waals surface area (Å²) in [4.78, 5) is 18.0. The van der Waals surface area contributed by atoms with Crippen LogP contribution < -0.4 is 4.74 Å². The van der Waals surface area contributed by atoms with E-state index in [1.165, 1.54) is 16.8 Å². The molecule has 3 heterocycles. The number of fused-ring (bicyclic) bond motifs is 1. The summed E-state index contributed by atoms with van der Waals surface area (Å²) in [7, 11) is 0. The van der Waals surface area contributed by atoms with Gasteiger partial charge in [-0.1, -0.05) is 19.9 Å². The van der Waals surface area contributed by atoms with E-state index >= 15 is 0 Å². The van der Waals surface area contributed by atoms with Crippen molar-refractivity contribution in [1.29, 1.82) is 0 Å². The first-order valence-electron chi connectivity index (χ1n) is 9.67. The van der Waals surface area contributed by atoms with Gasteiger partial charge in [-0.2, -0.15) is 27.9 Å². The Kier molecular flexibility index (Phi) is 5.22. The molecule has 0 atom stereocenters. The van der Waals surface area contributed by atoms with Crippen LogP contribution in [0.4, 0.5) is 13.2 Å². The van der Waals surface area contributed by atoms with Gasteiger partial charge in [0.15, 0.2) is 0 Å². The van der Waals surface area contributed by atoms with Gasteiger partial charge in [-0.15, -0.1) is 0 Å². The Balaban J connectivity index is 1.66. The molecule has 1 aliphatic heterocycles. The number of carbonyl (C=O) groups excluding carboxylic acids is 1. The molecule has 0 aliphatic carbocycles. The summed E-state index contributed by atoms with van der Waals surface area (Å²) in [5.74, 6) is -1.67. The first kappa shape index (κ1) is 20.3. The number of rotatable bonds is 6. The Bertz CT molecular complexity index is 1070. The maximum absolute atomic E-state index is 12.6. The minimum Gasteiger partial charge on any atom is -0.419 e. The highest BCUT2D eigenvalue weighted by molar-refractivity contribution is 5.92. The molecule has 0 N–H and O–H groups in total. The van der Waals surface area contributed by atoms with Crippen LogP contribution in [0.3, 0.4) is 0 Å². The number of nitrogens with zero attached hydrogens (tertiary/aromatic N) is 5. The van der Waals surface area contributed by atoms with Crippen molar-refractivity contribution in [3.63, 3.8) is 0 Å². The number of benzene rings is 1. The van der Waals surface area contributed by atoms with Crippen LogP contribution in [0.5, 0.6) is 5.75 Å². The summed E-state index contributed by atoms with van der Waals surface area (Å²) in [5, 5.41) is 8.72. The fourth-order valence-electron chi connectivity index (χ4n) is 3.56. The SMILES string of the molecule is CCCN1CC(c2nc(-n3nc(CC)c4c(OC(=O)C(F)(F)F)cccc43)no2)C1. The van der Waals surface area contributed by atoms with Crippen LogP contribution in [0.2, 0.25) is 0 Å². The van der Waals surface area contributed by atoms with E-state index in [1.807, 2.05) is 0 Å². The summed E-state index contributed by atoms with van der Waals surface area (Å²) >= 11 is 0. The molecular weight excluding hydrogens is 403 g/mol. The molecule has 0 spiro atoms. The van der Waals surface area contributed by atoms with Crippen LogP contribution in [0.25, 0.3) is 16.9 Å². The third kappa shape index (κ3) is 3.64. The predicted octanol–water partition coefficient (Wildman–Crippen LogP) is 3.25. The van der Waals surface area contributed by atoms with Gasteiger partial charge < -0.3 is 14.2 Å². The number of hydrogen-bond acceptors (Lipinski definition) is 7. The molecule has 8 nitrogen and oxygen atoms in total. The predicted molar refractivity (Wildman–Crippen MR) is 99.5 cm³/mol. The fourth-order valence-corrected chi connectivity index (χ4v) is 3.56. The number of ether oxygens (including phenoxy) is 1. The Morgan fingerprint density at radius 1 is 1.30 bits per heavy atom. The van der Waals surface area contributed by atoms with Gasteiger partial charge >= 0.3 is 12.1 Å². The lowest BCUT2D eigenvalue weighted by molar-refractivity contribution is -0.189. The minimum absolute atomic E-state index is 0.147. The van der Waals surface area contributed by atoms with Gasteiger partial charge in [0.05, 0.1) is 22.5 Å². The van der Waals surface area contributed by atoms with E-state index in [0.29, 0.717) is 28.9 Å². The van der Waals surface area contributed by atoms with E-state index in [9.17, 15) is 18.0 Å². The number of carbonyl (C=O) groups is 1. The number of esters is 1. The summed E-state index contributed by atoms with van der Waals surface area (Å²) in [6.45, 7) is 6.61. The van der Waals surface area contributed by atoms with Crippen molar-refractivity contribution < 1.29 is 27.2 Å². The number of halogens is 3. The van der Waals surface area contributed by atoms with Gasteiger partial charge in [0, 0.05) is 13.1 Å². The number of aryl methyl sites for hydroxylation is 1. The average molecular weight is 423 g/mol. The Morgan fingerprint density at radius 3 is 2.73 bits per heavy atom. The molecular formula is C19H20F3N5O3. The summed E-state index contributed by atoms with van der Waals surface area (Å²) in [5.41, 5.74) is 0.882. The van der Waals surface area contributed by atoms with Crippen molar-refractivity contribution >= 4 is 16.9 Å². The van der Waals surface area contributed by atoms with Crippen LogP contribution in [0, 0.1) is 0 Å². The molecule has 160 valence electrons. The molecule has 0 radical (unpaired) electrons. The first-order chi connectivity index (χ1) is 14.3. The number of alkyl halides is 3. The molecule has 3 aromatic rings. The van der Waals surface area contributed by atoms with Crippen molar-refractivity contribution in [1.82, 2.24) is 24.8 Å². The minimum atomic E-state index is -5.10. The Morgan fingerprint density at radius 2 is 2.07 bits per heavy atom. The maximum Gasteiger partial charge on any atom is 0.491 e. The second kappa shape index (κ2) is 7.71. The Labute approximate surface area is 169 Å². The van der Waals surface area contributed by atoms with Gasteiger partial charge in [-0.05, 0) is 36.7 Å². The molecule has 4 rings (SSSR count). The van der Waals surface area contributed by atoms with Crippen molar-refractivity contribution in [2.45, 2.75) is 38.8 Å². The zero-order valence-corrected chi connectivity index (χ0v) is 16.4. The van der Waals surface area contributed by atoms with E-state index in [0.717, 1.165) is 26.1 Å². The van der Waals surface area contributed by atoms with Crippen LogP contribution in [-0.2, 0) is 11.2 Å². The third-order valence-corrected chi connectivity index (χ3v) is 4.98. The lowest BCUT2D eigenvalue weighted by Gasteiger charge is -2.36. The lowest BCUT2D eigenvalue weighted by Crippen LogP contribution is -2.45. The zero-order chi connectivity index (χ0) is 21.5. The van der Waals surface area contributed by atoms with E-state index in [2.05, 4.69) is 31.8 Å². The van der Waals surface area contributed by atoms with Crippen LogP contribution in [0.15, 0.2) is 22.7 Å². The van der Waals surface area contributed by atoms with Crippen molar-refractivity contribution in [2.75, 3.05) is 19.6 Å². The van der Waals surface area contributed by atoms with E-state index < -0.39 is 12.1 Å². The van der Waals surface area contributed by atoms with E-state index in [1.54, 1.807) is 13.0 Å². The van der Waals surface area contributed by atoms with Gasteiger partial charge in [-0.3, -0.25) is 0 Å². The van der Waals surface area contributed by atoms with Gasteiger partial charge in [0.2, 0.25) is 5.89 Å². The molecule has 11 heteroatoms. The van der Waals surface area contributed by atoms with Gasteiger partial charge in [0.25, 0.3) is 5.95 Å². The van der Waals surface area contributed by atoms with Crippen molar-refractivity contribution in [2.24, 2.45) is 0 Å². The standard InChI is InChI=1S/C19H20F3N5O3/c1-3-8-26-9-11(10-26)16-23-18(25-30-16)27-13-6-5-7-14(15(13)12(4-2)24-27)29-17(28)19(20,21)22/h5-7,11H,3-4,8-10H2,1-2H3. The molecule has 2 aromatic heterocycles. The lowest BCUT2D eigenvalue weighted by atomic mass is 10.0. The van der Waals surface area contributed by atoms with Crippen molar-refractivity contribution in [3.8, 4) is 11.7 Å². The Hall–Kier alpha value is -2.95. The molecule has 0 unspecified atom stereocenters. The average Bonchev–Trinajstić information content (AvgIpc) is 3.28. The van der Waals surface area contributed by atoms with Gasteiger partial charge in [-0.25, -0.2) is 4.79 Å². The molecule has 1 fully saturated rings. The smallest absolute Gasteiger partial charge is 0.419 e. The third-order valence-electron chi connectivity index (χ3n) is 4.98. The van der Waals surface area contributed by atoms with Crippen LogP contribution >= 0.6 is 0 Å². The largest absolute Gasteiger partial charge is 0.491 e. The first-order valence-corrected chi connectivity index (χ1v) is 9.67. The quantitative estimate of drug-likeness (QED) is 0.444. The highest BCUT2D eigenvalue weighted by Gasteiger charge is 2.42. The highest BCUT2D eigenvalue weighted by Crippen LogP contribution is 2.33.